The average molecular weight is 249 g/mol. The number of carboxylic acid groups (broad SMARTS) is 1. The second-order valence-corrected chi connectivity index (χ2v) is 4.70. The lowest BCUT2D eigenvalue weighted by Crippen LogP contribution is -2.24. The molecule has 18 heavy (non-hydrogen) atoms. The molecule has 1 atom stereocenters. The van der Waals surface area contributed by atoms with Gasteiger partial charge in [0.25, 0.3) is 0 Å². The fourth-order valence-corrected chi connectivity index (χ4v) is 2.27. The highest BCUT2D eigenvalue weighted by Gasteiger charge is 2.23. The van der Waals surface area contributed by atoms with Crippen molar-refractivity contribution in [3.05, 3.63) is 23.4 Å². The second-order valence-electron chi connectivity index (χ2n) is 4.70. The van der Waals surface area contributed by atoms with Gasteiger partial charge in [0.2, 0.25) is 0 Å². The van der Waals surface area contributed by atoms with Gasteiger partial charge in [-0.25, -0.2) is 9.78 Å². The van der Waals surface area contributed by atoms with E-state index in [0.717, 1.165) is 37.4 Å². The summed E-state index contributed by atoms with van der Waals surface area (Å²) in [6.45, 7) is 4.43. The number of aromatic nitrogens is 1. The minimum absolute atomic E-state index is 0.313. The van der Waals surface area contributed by atoms with Crippen LogP contribution in [0.15, 0.2) is 12.1 Å². The first kappa shape index (κ1) is 12.8. The molecule has 2 heterocycles. The Hall–Kier alpha value is -1.62. The van der Waals surface area contributed by atoms with E-state index in [-0.39, 0.29) is 0 Å². The van der Waals surface area contributed by atoms with Crippen molar-refractivity contribution in [2.75, 3.05) is 24.5 Å². The highest BCUT2D eigenvalue weighted by atomic mass is 16.4. The molecule has 0 radical (unpaired) electrons. The van der Waals surface area contributed by atoms with E-state index in [2.05, 4.69) is 9.88 Å². The molecule has 1 unspecified atom stereocenters. The van der Waals surface area contributed by atoms with Crippen molar-refractivity contribution in [1.29, 1.82) is 0 Å². The number of carboxylic acids is 1. The molecular weight excluding hydrogens is 230 g/mol. The van der Waals surface area contributed by atoms with Gasteiger partial charge in [0.05, 0.1) is 5.56 Å². The van der Waals surface area contributed by atoms with Crippen LogP contribution < -0.4 is 10.6 Å². The van der Waals surface area contributed by atoms with Gasteiger partial charge in [0.15, 0.2) is 0 Å². The van der Waals surface area contributed by atoms with Crippen molar-refractivity contribution in [1.82, 2.24) is 4.98 Å². The summed E-state index contributed by atoms with van der Waals surface area (Å²) in [5, 5.41) is 9.10. The molecule has 0 spiro atoms. The number of hydrogen-bond donors (Lipinski definition) is 2. The van der Waals surface area contributed by atoms with Gasteiger partial charge in [0, 0.05) is 18.8 Å². The Kier molecular flexibility index (Phi) is 3.81. The van der Waals surface area contributed by atoms with Gasteiger partial charge in [-0.05, 0) is 37.4 Å². The van der Waals surface area contributed by atoms with Gasteiger partial charge in [-0.3, -0.25) is 0 Å². The molecule has 5 heteroatoms. The van der Waals surface area contributed by atoms with Crippen molar-refractivity contribution >= 4 is 11.8 Å². The number of nitrogens with two attached hydrogens (primary N) is 1. The van der Waals surface area contributed by atoms with Gasteiger partial charge >= 0.3 is 5.97 Å². The van der Waals surface area contributed by atoms with Gasteiger partial charge in [-0.1, -0.05) is 6.92 Å². The normalized spacial score (nSPS) is 19.2. The van der Waals surface area contributed by atoms with Gasteiger partial charge in [0.1, 0.15) is 5.82 Å². The van der Waals surface area contributed by atoms with Crippen molar-refractivity contribution in [3.63, 3.8) is 0 Å². The molecule has 1 saturated heterocycles. The van der Waals surface area contributed by atoms with Crippen molar-refractivity contribution in [3.8, 4) is 0 Å². The minimum atomic E-state index is -0.900. The smallest absolute Gasteiger partial charge is 0.335 e. The molecule has 98 valence electrons. The molecule has 0 amide bonds. The van der Waals surface area contributed by atoms with E-state index in [1.54, 1.807) is 12.1 Å². The third kappa shape index (κ3) is 2.61. The highest BCUT2D eigenvalue weighted by molar-refractivity contribution is 5.88. The van der Waals surface area contributed by atoms with Crippen LogP contribution in [-0.2, 0) is 6.42 Å². The van der Waals surface area contributed by atoms with E-state index in [0.29, 0.717) is 18.0 Å². The van der Waals surface area contributed by atoms with E-state index < -0.39 is 5.97 Å². The van der Waals surface area contributed by atoms with E-state index in [4.69, 9.17) is 10.8 Å². The summed E-state index contributed by atoms with van der Waals surface area (Å²) < 4.78 is 0. The zero-order chi connectivity index (χ0) is 13.1. The third-order valence-electron chi connectivity index (χ3n) is 3.42. The van der Waals surface area contributed by atoms with E-state index >= 15 is 0 Å². The van der Waals surface area contributed by atoms with Gasteiger partial charge < -0.3 is 15.7 Å². The predicted molar refractivity (Wildman–Crippen MR) is 69.9 cm³/mol. The van der Waals surface area contributed by atoms with Crippen molar-refractivity contribution < 1.29 is 9.90 Å². The van der Waals surface area contributed by atoms with Crippen LogP contribution >= 0.6 is 0 Å². The Balaban J connectivity index is 2.27. The van der Waals surface area contributed by atoms with Crippen LogP contribution in [0, 0.1) is 5.92 Å². The van der Waals surface area contributed by atoms with Crippen LogP contribution in [0.1, 0.15) is 29.4 Å². The Bertz CT molecular complexity index is 448. The number of aromatic carboxylic acids is 1. The summed E-state index contributed by atoms with van der Waals surface area (Å²) in [4.78, 5) is 17.7. The molecule has 3 N–H and O–H groups in total. The molecule has 1 aromatic rings. The van der Waals surface area contributed by atoms with Crippen LogP contribution in [0.3, 0.4) is 0 Å². The number of nitrogens with zero attached hydrogens (tertiary/aromatic N) is 2. The number of carbonyl (C=O) groups is 1. The maximum absolute atomic E-state index is 11.1. The molecule has 1 aliphatic rings. The van der Waals surface area contributed by atoms with E-state index in [9.17, 15) is 4.79 Å². The SMILES string of the molecule is CCc1cc(C(=O)O)cc(N2CCC(CN)C2)n1. The summed E-state index contributed by atoms with van der Waals surface area (Å²) in [6.07, 6.45) is 1.79. The van der Waals surface area contributed by atoms with E-state index in [1.165, 1.54) is 0 Å². The maximum Gasteiger partial charge on any atom is 0.335 e. The van der Waals surface area contributed by atoms with Crippen LogP contribution in [0.25, 0.3) is 0 Å². The third-order valence-corrected chi connectivity index (χ3v) is 3.42. The predicted octanol–water partition coefficient (Wildman–Crippen LogP) is 1.13. The second kappa shape index (κ2) is 5.35. The zero-order valence-electron chi connectivity index (χ0n) is 10.6. The van der Waals surface area contributed by atoms with Crippen LogP contribution in [0.5, 0.6) is 0 Å². The van der Waals surface area contributed by atoms with Crippen LogP contribution in [-0.4, -0.2) is 35.7 Å². The van der Waals surface area contributed by atoms with Crippen molar-refractivity contribution in [2.24, 2.45) is 11.7 Å². The summed E-state index contributed by atoms with van der Waals surface area (Å²) in [5.41, 5.74) is 6.80. The molecule has 1 fully saturated rings. The quantitative estimate of drug-likeness (QED) is 0.836. The Morgan fingerprint density at radius 3 is 2.94 bits per heavy atom. The zero-order valence-corrected chi connectivity index (χ0v) is 10.6. The number of aryl methyl sites for hydroxylation is 1. The summed E-state index contributed by atoms with van der Waals surface area (Å²) in [6, 6.07) is 3.29. The fourth-order valence-electron chi connectivity index (χ4n) is 2.27. The number of rotatable bonds is 4. The Morgan fingerprint density at radius 1 is 1.61 bits per heavy atom. The summed E-state index contributed by atoms with van der Waals surface area (Å²) in [7, 11) is 0. The molecule has 1 aliphatic heterocycles. The van der Waals surface area contributed by atoms with Gasteiger partial charge in [-0.2, -0.15) is 0 Å². The van der Waals surface area contributed by atoms with Crippen LogP contribution in [0.2, 0.25) is 0 Å². The summed E-state index contributed by atoms with van der Waals surface area (Å²) >= 11 is 0. The lowest BCUT2D eigenvalue weighted by Gasteiger charge is -2.18. The lowest BCUT2D eigenvalue weighted by atomic mass is 10.1. The molecule has 5 nitrogen and oxygen atoms in total. The molecule has 0 aliphatic carbocycles. The standard InChI is InChI=1S/C13H19N3O2/c1-2-11-5-10(13(17)18)6-12(15-11)16-4-3-9(7-14)8-16/h5-6,9H,2-4,7-8,14H2,1H3,(H,17,18). The topological polar surface area (TPSA) is 79.5 Å². The first-order valence-corrected chi connectivity index (χ1v) is 6.33. The Labute approximate surface area is 107 Å². The number of anilines is 1. The average Bonchev–Trinajstić information content (AvgIpc) is 2.86. The lowest BCUT2D eigenvalue weighted by molar-refractivity contribution is 0.0696. The monoisotopic (exact) mass is 249 g/mol. The minimum Gasteiger partial charge on any atom is -0.478 e. The highest BCUT2D eigenvalue weighted by Crippen LogP contribution is 2.23. The largest absolute Gasteiger partial charge is 0.478 e. The number of pyridine rings is 1. The summed E-state index contributed by atoms with van der Waals surface area (Å²) in [5.74, 6) is 0.357. The molecule has 1 aromatic heterocycles. The van der Waals surface area contributed by atoms with Crippen molar-refractivity contribution in [2.45, 2.75) is 19.8 Å². The number of hydrogen-bond acceptors (Lipinski definition) is 4. The molecule has 0 aromatic carbocycles. The van der Waals surface area contributed by atoms with E-state index in [1.807, 2.05) is 6.92 Å². The molecule has 2 rings (SSSR count). The molecular formula is C13H19N3O2. The first-order valence-electron chi connectivity index (χ1n) is 6.33. The fraction of sp³-hybridized carbons (Fsp3) is 0.538. The molecule has 0 bridgehead atoms. The van der Waals surface area contributed by atoms with Gasteiger partial charge in [-0.15, -0.1) is 0 Å². The molecule has 0 saturated carbocycles. The Morgan fingerprint density at radius 2 is 2.39 bits per heavy atom. The van der Waals surface area contributed by atoms with Crippen LogP contribution in [0.4, 0.5) is 5.82 Å². The maximum atomic E-state index is 11.1. The first-order chi connectivity index (χ1) is 8.63.